The first kappa shape index (κ1) is 17.7. The lowest BCUT2D eigenvalue weighted by Gasteiger charge is -2.46. The minimum Gasteiger partial charge on any atom is -0.298 e. The molecule has 2 aromatic rings. The van der Waals surface area contributed by atoms with Crippen molar-refractivity contribution < 1.29 is 9.63 Å². The standard InChI is InChI=1S/C22H25N3O2/c26-22(23-18-10-5-2-6-11-18)27-24-19-14-20-12-7-13-21(15-19)25(20)16-17-8-3-1-4-9-17/h1-6,8-11,20-21H,7,12-16H2,(H,23,26). The van der Waals surface area contributed by atoms with Crippen LogP contribution in [0, 0.1) is 0 Å². The summed E-state index contributed by atoms with van der Waals surface area (Å²) in [6.07, 6.45) is 4.84. The molecule has 1 N–H and O–H groups in total. The van der Waals surface area contributed by atoms with E-state index >= 15 is 0 Å². The first-order valence-electron chi connectivity index (χ1n) is 9.66. The van der Waals surface area contributed by atoms with Gasteiger partial charge in [-0.25, -0.2) is 4.79 Å². The molecule has 5 nitrogen and oxygen atoms in total. The molecule has 4 rings (SSSR count). The second kappa shape index (κ2) is 8.35. The molecule has 2 aromatic carbocycles. The van der Waals surface area contributed by atoms with Crippen LogP contribution in [0.5, 0.6) is 0 Å². The number of piperidine rings is 2. The average molecular weight is 363 g/mol. The molecule has 0 saturated carbocycles. The van der Waals surface area contributed by atoms with Crippen LogP contribution in [0.25, 0.3) is 0 Å². The number of rotatable bonds is 4. The second-order valence-electron chi connectivity index (χ2n) is 7.33. The van der Waals surface area contributed by atoms with Crippen LogP contribution in [0.4, 0.5) is 10.5 Å². The van der Waals surface area contributed by atoms with Crippen molar-refractivity contribution in [1.29, 1.82) is 0 Å². The highest BCUT2D eigenvalue weighted by Crippen LogP contribution is 2.34. The Kier molecular flexibility index (Phi) is 5.49. The molecule has 2 atom stereocenters. The molecule has 140 valence electrons. The second-order valence-corrected chi connectivity index (χ2v) is 7.33. The molecule has 0 aliphatic carbocycles. The van der Waals surface area contributed by atoms with E-state index in [9.17, 15) is 4.79 Å². The van der Waals surface area contributed by atoms with E-state index in [-0.39, 0.29) is 0 Å². The van der Waals surface area contributed by atoms with Gasteiger partial charge >= 0.3 is 6.09 Å². The van der Waals surface area contributed by atoms with Crippen molar-refractivity contribution >= 4 is 17.5 Å². The van der Waals surface area contributed by atoms with Crippen LogP contribution in [0.3, 0.4) is 0 Å². The van der Waals surface area contributed by atoms with Crippen LogP contribution < -0.4 is 5.32 Å². The number of benzene rings is 2. The summed E-state index contributed by atoms with van der Waals surface area (Å²) < 4.78 is 0. The molecule has 1 amide bonds. The van der Waals surface area contributed by atoms with Crippen molar-refractivity contribution in [2.24, 2.45) is 5.16 Å². The first-order valence-corrected chi connectivity index (χ1v) is 9.66. The molecule has 2 aliphatic heterocycles. The molecular formula is C22H25N3O2. The van der Waals surface area contributed by atoms with Crippen LogP contribution >= 0.6 is 0 Å². The lowest BCUT2D eigenvalue weighted by Crippen LogP contribution is -2.51. The first-order chi connectivity index (χ1) is 13.3. The average Bonchev–Trinajstić information content (AvgIpc) is 2.68. The Labute approximate surface area is 160 Å². The number of fused-ring (bicyclic) bond motifs is 2. The number of anilines is 1. The van der Waals surface area contributed by atoms with Crippen molar-refractivity contribution in [2.75, 3.05) is 5.32 Å². The minimum absolute atomic E-state index is 0.484. The van der Waals surface area contributed by atoms with Gasteiger partial charge in [-0.15, -0.1) is 0 Å². The van der Waals surface area contributed by atoms with Crippen molar-refractivity contribution in [2.45, 2.75) is 50.7 Å². The van der Waals surface area contributed by atoms with Gasteiger partial charge in [0.1, 0.15) is 0 Å². The smallest absolute Gasteiger partial charge is 0.298 e. The summed E-state index contributed by atoms with van der Waals surface area (Å²) in [5, 5.41) is 6.88. The number of hydrogen-bond donors (Lipinski definition) is 1. The van der Waals surface area contributed by atoms with E-state index in [0.717, 1.165) is 25.1 Å². The number of amides is 1. The Morgan fingerprint density at radius 3 is 2.30 bits per heavy atom. The summed E-state index contributed by atoms with van der Waals surface area (Å²) in [7, 11) is 0. The quantitative estimate of drug-likeness (QED) is 0.626. The molecule has 2 saturated heterocycles. The fraction of sp³-hybridized carbons (Fsp3) is 0.364. The molecule has 5 heteroatoms. The van der Waals surface area contributed by atoms with Gasteiger partial charge < -0.3 is 0 Å². The van der Waals surface area contributed by atoms with Crippen molar-refractivity contribution in [1.82, 2.24) is 4.90 Å². The third kappa shape index (κ3) is 4.55. The highest BCUT2D eigenvalue weighted by Gasteiger charge is 2.36. The molecule has 2 bridgehead atoms. The van der Waals surface area contributed by atoms with E-state index in [0.29, 0.717) is 17.8 Å². The summed E-state index contributed by atoms with van der Waals surface area (Å²) in [5.74, 6) is 0. The Bertz CT molecular complexity index is 776. The highest BCUT2D eigenvalue weighted by atomic mass is 16.7. The number of nitrogens with zero attached hydrogens (tertiary/aromatic N) is 2. The molecule has 0 aromatic heterocycles. The maximum absolute atomic E-state index is 12.0. The maximum Gasteiger partial charge on any atom is 0.437 e. The number of carbonyl (C=O) groups excluding carboxylic acids is 1. The summed E-state index contributed by atoms with van der Waals surface area (Å²) in [4.78, 5) is 19.7. The van der Waals surface area contributed by atoms with Crippen molar-refractivity contribution in [3.63, 3.8) is 0 Å². The Morgan fingerprint density at radius 1 is 1.00 bits per heavy atom. The van der Waals surface area contributed by atoms with E-state index in [1.165, 1.54) is 24.8 Å². The van der Waals surface area contributed by atoms with Gasteiger partial charge in [0.2, 0.25) is 0 Å². The predicted molar refractivity (Wildman–Crippen MR) is 107 cm³/mol. The van der Waals surface area contributed by atoms with Crippen LogP contribution in [0.2, 0.25) is 0 Å². The SMILES string of the molecule is O=C(Nc1ccccc1)ON=C1CC2CCCC(C1)N2Cc1ccccc1. The summed E-state index contributed by atoms with van der Waals surface area (Å²) >= 11 is 0. The molecule has 27 heavy (non-hydrogen) atoms. The Balaban J connectivity index is 1.36. The van der Waals surface area contributed by atoms with E-state index in [1.54, 1.807) is 0 Å². The maximum atomic E-state index is 12.0. The van der Waals surface area contributed by atoms with Gasteiger partial charge in [0, 0.05) is 37.2 Å². The van der Waals surface area contributed by atoms with E-state index < -0.39 is 6.09 Å². The fourth-order valence-electron chi connectivity index (χ4n) is 4.18. The lowest BCUT2D eigenvalue weighted by atomic mass is 9.83. The Hall–Kier alpha value is -2.66. The van der Waals surface area contributed by atoms with Crippen LogP contribution in [-0.2, 0) is 11.4 Å². The summed E-state index contributed by atoms with van der Waals surface area (Å²) in [6.45, 7) is 0.985. The van der Waals surface area contributed by atoms with Gasteiger partial charge in [-0.2, -0.15) is 0 Å². The fourth-order valence-corrected chi connectivity index (χ4v) is 4.18. The third-order valence-electron chi connectivity index (χ3n) is 5.44. The number of nitrogens with one attached hydrogen (secondary N) is 1. The van der Waals surface area contributed by atoms with Crippen LogP contribution in [0.1, 0.15) is 37.7 Å². The monoisotopic (exact) mass is 363 g/mol. The molecule has 2 heterocycles. The van der Waals surface area contributed by atoms with E-state index in [4.69, 9.17) is 4.84 Å². The zero-order chi connectivity index (χ0) is 18.5. The van der Waals surface area contributed by atoms with Gasteiger partial charge in [-0.3, -0.25) is 15.1 Å². The van der Waals surface area contributed by atoms with Gasteiger partial charge in [-0.05, 0) is 30.5 Å². The Morgan fingerprint density at radius 2 is 1.63 bits per heavy atom. The van der Waals surface area contributed by atoms with E-state index in [1.807, 2.05) is 30.3 Å². The van der Waals surface area contributed by atoms with Crippen molar-refractivity contribution in [3.8, 4) is 0 Å². The topological polar surface area (TPSA) is 53.9 Å². The molecule has 0 spiro atoms. The third-order valence-corrected chi connectivity index (χ3v) is 5.44. The lowest BCUT2D eigenvalue weighted by molar-refractivity contribution is 0.0662. The number of oxime groups is 1. The van der Waals surface area contributed by atoms with Gasteiger partial charge in [0.15, 0.2) is 0 Å². The zero-order valence-electron chi connectivity index (χ0n) is 15.4. The minimum atomic E-state index is -0.537. The summed E-state index contributed by atoms with van der Waals surface area (Å²) in [6, 6.07) is 20.9. The molecule has 2 fully saturated rings. The largest absolute Gasteiger partial charge is 0.437 e. The zero-order valence-corrected chi connectivity index (χ0v) is 15.4. The number of hydrogen-bond acceptors (Lipinski definition) is 4. The van der Waals surface area contributed by atoms with E-state index in [2.05, 4.69) is 45.7 Å². The molecular weight excluding hydrogens is 338 g/mol. The number of para-hydroxylation sites is 1. The van der Waals surface area contributed by atoms with Crippen LogP contribution in [0.15, 0.2) is 65.8 Å². The van der Waals surface area contributed by atoms with Gasteiger partial charge in [0.05, 0.1) is 5.71 Å². The molecule has 2 unspecified atom stereocenters. The normalized spacial score (nSPS) is 22.1. The molecule has 0 radical (unpaired) electrons. The van der Waals surface area contributed by atoms with Gasteiger partial charge in [-0.1, -0.05) is 60.1 Å². The number of carbonyl (C=O) groups is 1. The highest BCUT2D eigenvalue weighted by molar-refractivity contribution is 5.88. The van der Waals surface area contributed by atoms with Crippen LogP contribution in [-0.4, -0.2) is 28.8 Å². The summed E-state index contributed by atoms with van der Waals surface area (Å²) in [5.41, 5.74) is 3.06. The predicted octanol–water partition coefficient (Wildman–Crippen LogP) is 4.81. The molecule has 2 aliphatic rings. The van der Waals surface area contributed by atoms with Gasteiger partial charge in [0.25, 0.3) is 0 Å². The van der Waals surface area contributed by atoms with Crippen molar-refractivity contribution in [3.05, 3.63) is 66.2 Å².